The molecule has 1 fully saturated rings. The van der Waals surface area contributed by atoms with Gasteiger partial charge in [-0.3, -0.25) is 0 Å². The van der Waals surface area contributed by atoms with E-state index < -0.39 is 0 Å². The summed E-state index contributed by atoms with van der Waals surface area (Å²) >= 11 is 5.98. The van der Waals surface area contributed by atoms with Crippen LogP contribution in [0.2, 0.25) is 5.02 Å². The Labute approximate surface area is 181 Å². The van der Waals surface area contributed by atoms with Crippen LogP contribution in [0.5, 0.6) is 0 Å². The molecule has 5 nitrogen and oxygen atoms in total. The fourth-order valence-electron chi connectivity index (χ4n) is 3.97. The molecule has 30 heavy (non-hydrogen) atoms. The molecule has 0 radical (unpaired) electrons. The van der Waals surface area contributed by atoms with Crippen molar-refractivity contribution in [3.63, 3.8) is 0 Å². The summed E-state index contributed by atoms with van der Waals surface area (Å²) in [7, 11) is 0. The number of rotatable bonds is 5. The minimum atomic E-state index is 0.0672. The Morgan fingerprint density at radius 1 is 1.03 bits per heavy atom. The van der Waals surface area contributed by atoms with Crippen LogP contribution >= 0.6 is 11.6 Å². The number of nitrogens with one attached hydrogen (secondary N) is 1. The number of aliphatic imine (C=N–C) groups is 1. The zero-order valence-electron chi connectivity index (χ0n) is 16.8. The van der Waals surface area contributed by atoms with E-state index in [1.54, 1.807) is 0 Å². The quantitative estimate of drug-likeness (QED) is 0.398. The number of nitrogens with two attached hydrogens (primary N) is 2. The summed E-state index contributed by atoms with van der Waals surface area (Å²) in [5.41, 5.74) is 13.3. The summed E-state index contributed by atoms with van der Waals surface area (Å²) in [6.07, 6.45) is 8.35. The van der Waals surface area contributed by atoms with Crippen LogP contribution in [0.4, 0.5) is 5.82 Å². The summed E-state index contributed by atoms with van der Waals surface area (Å²) in [4.78, 5) is 9.36. The maximum atomic E-state index is 5.98. The van der Waals surface area contributed by atoms with Crippen LogP contribution in [0, 0.1) is 0 Å². The highest BCUT2D eigenvalue weighted by molar-refractivity contribution is 6.30. The van der Waals surface area contributed by atoms with E-state index in [0.29, 0.717) is 0 Å². The third kappa shape index (κ3) is 4.92. The predicted molar refractivity (Wildman–Crippen MR) is 128 cm³/mol. The molecular weight excluding hydrogens is 394 g/mol. The first kappa shape index (κ1) is 20.2. The SMILES string of the molecule is NC(N)=NC1CCCCC1Nc1nc(C=Cc2ccc(Cl)cc2)cc2ccccc12. The van der Waals surface area contributed by atoms with Crippen LogP contribution in [0.3, 0.4) is 0 Å². The van der Waals surface area contributed by atoms with Gasteiger partial charge in [-0.2, -0.15) is 0 Å². The third-order valence-corrected chi connectivity index (χ3v) is 5.70. The lowest BCUT2D eigenvalue weighted by Gasteiger charge is -2.30. The Morgan fingerprint density at radius 3 is 2.60 bits per heavy atom. The fraction of sp³-hybridized carbons (Fsp3) is 0.250. The van der Waals surface area contributed by atoms with Crippen LogP contribution in [0.25, 0.3) is 22.9 Å². The molecule has 0 amide bonds. The number of fused-ring (bicyclic) bond motifs is 1. The van der Waals surface area contributed by atoms with Crippen LogP contribution in [-0.2, 0) is 0 Å². The van der Waals surface area contributed by atoms with Crippen molar-refractivity contribution in [2.45, 2.75) is 37.8 Å². The van der Waals surface area contributed by atoms with E-state index >= 15 is 0 Å². The number of pyridine rings is 1. The molecule has 1 aliphatic carbocycles. The number of guanidine groups is 1. The zero-order valence-corrected chi connectivity index (χ0v) is 17.5. The summed E-state index contributed by atoms with van der Waals surface area (Å²) < 4.78 is 0. The highest BCUT2D eigenvalue weighted by Gasteiger charge is 2.25. The molecule has 6 heteroatoms. The van der Waals surface area contributed by atoms with Gasteiger partial charge in [0.2, 0.25) is 0 Å². The monoisotopic (exact) mass is 419 g/mol. The molecule has 154 valence electrons. The topological polar surface area (TPSA) is 89.3 Å². The van der Waals surface area contributed by atoms with Crippen molar-refractivity contribution in [2.75, 3.05) is 5.32 Å². The molecule has 2 atom stereocenters. The molecule has 0 saturated heterocycles. The Kier molecular flexibility index (Phi) is 6.19. The molecule has 0 bridgehead atoms. The highest BCUT2D eigenvalue weighted by Crippen LogP contribution is 2.29. The van der Waals surface area contributed by atoms with Crippen molar-refractivity contribution in [3.8, 4) is 0 Å². The number of anilines is 1. The lowest BCUT2D eigenvalue weighted by Crippen LogP contribution is -2.38. The van der Waals surface area contributed by atoms with Crippen molar-refractivity contribution in [2.24, 2.45) is 16.5 Å². The summed E-state index contributed by atoms with van der Waals surface area (Å²) in [6, 6.07) is 18.3. The third-order valence-electron chi connectivity index (χ3n) is 5.44. The Bertz CT molecular complexity index is 1070. The molecule has 2 aromatic carbocycles. The van der Waals surface area contributed by atoms with E-state index in [4.69, 9.17) is 28.1 Å². The average molecular weight is 420 g/mol. The number of hydrogen-bond acceptors (Lipinski definition) is 3. The van der Waals surface area contributed by atoms with E-state index in [1.165, 1.54) is 0 Å². The van der Waals surface area contributed by atoms with E-state index in [1.807, 2.05) is 48.6 Å². The van der Waals surface area contributed by atoms with Gasteiger partial charge in [-0.15, -0.1) is 0 Å². The Hall–Kier alpha value is -3.05. The maximum absolute atomic E-state index is 5.98. The first-order valence-corrected chi connectivity index (χ1v) is 10.6. The van der Waals surface area contributed by atoms with Crippen LogP contribution in [0.15, 0.2) is 59.6 Å². The number of aromatic nitrogens is 1. The molecule has 1 saturated carbocycles. The molecule has 2 unspecified atom stereocenters. The normalized spacial score (nSPS) is 19.1. The lowest BCUT2D eigenvalue weighted by molar-refractivity contribution is 0.405. The van der Waals surface area contributed by atoms with Crippen LogP contribution in [0.1, 0.15) is 36.9 Å². The van der Waals surface area contributed by atoms with Gasteiger partial charge < -0.3 is 16.8 Å². The summed E-state index contributed by atoms with van der Waals surface area (Å²) in [5, 5.41) is 6.60. The molecular formula is C24H26ClN5. The fourth-order valence-corrected chi connectivity index (χ4v) is 4.10. The van der Waals surface area contributed by atoms with Gasteiger partial charge in [-0.25, -0.2) is 9.98 Å². The van der Waals surface area contributed by atoms with Gasteiger partial charge in [0.15, 0.2) is 5.96 Å². The molecule has 5 N–H and O–H groups in total. The second-order valence-electron chi connectivity index (χ2n) is 7.66. The van der Waals surface area contributed by atoms with E-state index in [-0.39, 0.29) is 18.0 Å². The number of benzene rings is 2. The predicted octanol–water partition coefficient (Wildman–Crippen LogP) is 5.06. The minimum Gasteiger partial charge on any atom is -0.370 e. The van der Waals surface area contributed by atoms with E-state index in [9.17, 15) is 0 Å². The smallest absolute Gasteiger partial charge is 0.186 e. The van der Waals surface area contributed by atoms with E-state index in [0.717, 1.165) is 58.6 Å². The van der Waals surface area contributed by atoms with E-state index in [2.05, 4.69) is 28.5 Å². The zero-order chi connectivity index (χ0) is 20.9. The Morgan fingerprint density at radius 2 is 1.80 bits per heavy atom. The van der Waals surface area contributed by atoms with Gasteiger partial charge in [0, 0.05) is 10.4 Å². The second kappa shape index (κ2) is 9.18. The minimum absolute atomic E-state index is 0.0672. The first-order chi connectivity index (χ1) is 14.6. The van der Waals surface area contributed by atoms with Gasteiger partial charge in [0.05, 0.1) is 17.8 Å². The molecule has 0 spiro atoms. The number of hydrogen-bond donors (Lipinski definition) is 3. The average Bonchev–Trinajstić information content (AvgIpc) is 2.74. The van der Waals surface area contributed by atoms with Crippen molar-refractivity contribution < 1.29 is 0 Å². The van der Waals surface area contributed by atoms with Crippen LogP contribution < -0.4 is 16.8 Å². The lowest BCUT2D eigenvalue weighted by atomic mass is 9.90. The standard InChI is InChI=1S/C24H26ClN5/c25-18-12-9-16(10-13-18)11-14-19-15-17-5-1-2-6-20(17)23(28-19)29-21-7-3-4-8-22(21)30-24(26)27/h1-2,5-6,9-15,21-22H,3-4,7-8H2,(H,28,29)(H4,26,27,30). The van der Waals surface area contributed by atoms with Gasteiger partial charge in [0.25, 0.3) is 0 Å². The van der Waals surface area contributed by atoms with Crippen molar-refractivity contribution >= 4 is 46.3 Å². The number of nitrogens with zero attached hydrogens (tertiary/aromatic N) is 2. The second-order valence-corrected chi connectivity index (χ2v) is 8.09. The number of halogens is 1. The summed E-state index contributed by atoms with van der Waals surface area (Å²) in [5.74, 6) is 1.01. The molecule has 0 aliphatic heterocycles. The summed E-state index contributed by atoms with van der Waals surface area (Å²) in [6.45, 7) is 0. The Balaban J connectivity index is 1.66. The molecule has 1 heterocycles. The van der Waals surface area contributed by atoms with Crippen molar-refractivity contribution in [1.82, 2.24) is 4.98 Å². The molecule has 4 rings (SSSR count). The maximum Gasteiger partial charge on any atom is 0.186 e. The molecule has 1 aromatic heterocycles. The largest absolute Gasteiger partial charge is 0.370 e. The first-order valence-electron chi connectivity index (χ1n) is 10.3. The van der Waals surface area contributed by atoms with Gasteiger partial charge in [-0.05, 0) is 48.1 Å². The molecule has 3 aromatic rings. The van der Waals surface area contributed by atoms with Crippen molar-refractivity contribution in [1.29, 1.82) is 0 Å². The van der Waals surface area contributed by atoms with Gasteiger partial charge in [-0.1, -0.05) is 66.9 Å². The highest BCUT2D eigenvalue weighted by atomic mass is 35.5. The van der Waals surface area contributed by atoms with Gasteiger partial charge >= 0.3 is 0 Å². The van der Waals surface area contributed by atoms with Crippen molar-refractivity contribution in [3.05, 3.63) is 70.9 Å². The molecule has 1 aliphatic rings. The van der Waals surface area contributed by atoms with Crippen LogP contribution in [-0.4, -0.2) is 23.0 Å². The van der Waals surface area contributed by atoms with Gasteiger partial charge in [0.1, 0.15) is 5.82 Å².